The summed E-state index contributed by atoms with van der Waals surface area (Å²) in [5, 5.41) is 3.17. The Morgan fingerprint density at radius 1 is 0.621 bits per heavy atom. The molecule has 0 spiro atoms. The quantitative estimate of drug-likeness (QED) is 0.0220. The second-order valence-electron chi connectivity index (χ2n) is 13.5. The molecule has 0 bridgehead atoms. The van der Waals surface area contributed by atoms with Crippen molar-refractivity contribution in [2.24, 2.45) is 0 Å². The SMILES string of the molecule is CCCCCCCCCCCCOc1ccc(C(=O)Oc2ccc(N(Nc3ccccc3)c3ncnc(N)n3)cc2N(Nc2ccccc2)c2ncnc(N)n2)cc1. The highest BCUT2D eigenvalue weighted by atomic mass is 16.5. The zero-order valence-corrected chi connectivity index (χ0v) is 32.7. The number of hydrazine groups is 2. The third-order valence-electron chi connectivity index (χ3n) is 9.09. The maximum atomic E-state index is 13.8. The Kier molecular flexibility index (Phi) is 14.9. The number of carbonyl (C=O) groups is 1. The molecular weight excluding hydrogens is 733 g/mol. The van der Waals surface area contributed by atoms with E-state index in [1.165, 1.54) is 64.0 Å². The summed E-state index contributed by atoms with van der Waals surface area (Å²) < 4.78 is 12.1. The smallest absolute Gasteiger partial charge is 0.343 e. The van der Waals surface area contributed by atoms with E-state index in [4.69, 9.17) is 20.9 Å². The fraction of sp³-hybridized carbons (Fsp3) is 0.279. The van der Waals surface area contributed by atoms with Gasteiger partial charge < -0.3 is 20.9 Å². The molecule has 0 unspecified atom stereocenters. The van der Waals surface area contributed by atoms with Gasteiger partial charge in [-0.05, 0) is 73.2 Å². The van der Waals surface area contributed by atoms with Gasteiger partial charge >= 0.3 is 5.97 Å². The molecule has 0 aliphatic carbocycles. The molecule has 0 radical (unpaired) electrons. The van der Waals surface area contributed by atoms with Crippen molar-refractivity contribution in [3.63, 3.8) is 0 Å². The number of hydrogen-bond acceptors (Lipinski definition) is 15. The molecule has 0 fully saturated rings. The summed E-state index contributed by atoms with van der Waals surface area (Å²) in [6.07, 6.45) is 15.2. The van der Waals surface area contributed by atoms with Gasteiger partial charge in [0.1, 0.15) is 24.1 Å². The molecule has 0 aliphatic rings. The number of carbonyl (C=O) groups excluding carboxylic acids is 1. The number of rotatable bonds is 22. The van der Waals surface area contributed by atoms with Crippen LogP contribution in [0.4, 0.5) is 46.5 Å². The van der Waals surface area contributed by atoms with Crippen LogP contribution in [0.1, 0.15) is 81.5 Å². The summed E-state index contributed by atoms with van der Waals surface area (Å²) in [4.78, 5) is 39.3. The van der Waals surface area contributed by atoms with E-state index in [1.807, 2.05) is 60.7 Å². The first-order valence-corrected chi connectivity index (χ1v) is 19.7. The monoisotopic (exact) mass is 782 g/mol. The fourth-order valence-electron chi connectivity index (χ4n) is 6.08. The first-order chi connectivity index (χ1) is 28.5. The van der Waals surface area contributed by atoms with Crippen molar-refractivity contribution in [2.75, 3.05) is 38.9 Å². The Labute approximate surface area is 338 Å². The summed E-state index contributed by atoms with van der Waals surface area (Å²) in [7, 11) is 0. The zero-order valence-electron chi connectivity index (χ0n) is 32.7. The molecule has 4 aromatic carbocycles. The molecule has 0 atom stereocenters. The van der Waals surface area contributed by atoms with Gasteiger partial charge in [-0.1, -0.05) is 101 Å². The summed E-state index contributed by atoms with van der Waals surface area (Å²) in [6.45, 7) is 2.87. The van der Waals surface area contributed by atoms with Crippen LogP contribution in [0.5, 0.6) is 11.5 Å². The van der Waals surface area contributed by atoms with Crippen LogP contribution in [0.2, 0.25) is 0 Å². The predicted octanol–water partition coefficient (Wildman–Crippen LogP) is 9.07. The largest absolute Gasteiger partial charge is 0.494 e. The molecule has 0 amide bonds. The summed E-state index contributed by atoms with van der Waals surface area (Å²) in [6, 6.07) is 30.9. The van der Waals surface area contributed by atoms with E-state index >= 15 is 0 Å². The van der Waals surface area contributed by atoms with Crippen LogP contribution in [0.15, 0.2) is 116 Å². The zero-order chi connectivity index (χ0) is 40.4. The van der Waals surface area contributed by atoms with Gasteiger partial charge in [0.25, 0.3) is 11.9 Å². The van der Waals surface area contributed by atoms with E-state index in [2.05, 4.69) is 47.7 Å². The lowest BCUT2D eigenvalue weighted by atomic mass is 10.1. The molecule has 0 aliphatic heterocycles. The Bertz CT molecular complexity index is 2160. The van der Waals surface area contributed by atoms with Crippen LogP contribution in [0, 0.1) is 0 Å². The first-order valence-electron chi connectivity index (χ1n) is 19.7. The number of para-hydroxylation sites is 2. The van der Waals surface area contributed by atoms with Crippen LogP contribution < -0.4 is 41.8 Å². The molecule has 15 heteroatoms. The molecule has 6 aromatic rings. The van der Waals surface area contributed by atoms with Crippen molar-refractivity contribution >= 4 is 52.5 Å². The Balaban J connectivity index is 1.24. The van der Waals surface area contributed by atoms with Crippen LogP contribution >= 0.6 is 0 Å². The molecule has 6 N–H and O–H groups in total. The Morgan fingerprint density at radius 3 is 1.72 bits per heavy atom. The van der Waals surface area contributed by atoms with Crippen LogP contribution in [0.3, 0.4) is 0 Å². The van der Waals surface area contributed by atoms with Gasteiger partial charge in [0.15, 0.2) is 5.75 Å². The number of nitrogen functional groups attached to an aromatic ring is 2. The van der Waals surface area contributed by atoms with Gasteiger partial charge in [-0.2, -0.15) is 19.9 Å². The number of nitrogens with one attached hydrogen (secondary N) is 2. The first kappa shape index (κ1) is 40.6. The lowest BCUT2D eigenvalue weighted by Gasteiger charge is -2.29. The predicted molar refractivity (Wildman–Crippen MR) is 228 cm³/mol. The second-order valence-corrected chi connectivity index (χ2v) is 13.5. The van der Waals surface area contributed by atoms with Crippen LogP contribution in [-0.4, -0.2) is 42.5 Å². The van der Waals surface area contributed by atoms with Crippen molar-refractivity contribution in [3.8, 4) is 11.5 Å². The summed E-state index contributed by atoms with van der Waals surface area (Å²) in [5.74, 6) is 0.619. The minimum absolute atomic E-state index is 0.0110. The topological polar surface area (TPSA) is 195 Å². The van der Waals surface area contributed by atoms with E-state index in [0.717, 1.165) is 18.5 Å². The van der Waals surface area contributed by atoms with E-state index in [0.29, 0.717) is 35.0 Å². The van der Waals surface area contributed by atoms with Crippen molar-refractivity contribution < 1.29 is 14.3 Å². The molecule has 0 saturated carbocycles. The van der Waals surface area contributed by atoms with Crippen LogP contribution in [-0.2, 0) is 0 Å². The molecule has 15 nitrogen and oxygen atoms in total. The average Bonchev–Trinajstić information content (AvgIpc) is 3.25. The molecule has 2 aromatic heterocycles. The number of hydrogen-bond donors (Lipinski definition) is 4. The fourth-order valence-corrected chi connectivity index (χ4v) is 6.08. The van der Waals surface area contributed by atoms with Crippen molar-refractivity contribution in [1.29, 1.82) is 0 Å². The van der Waals surface area contributed by atoms with Gasteiger partial charge in [-0.25, -0.2) is 24.8 Å². The normalized spacial score (nSPS) is 10.8. The minimum Gasteiger partial charge on any atom is -0.494 e. The molecule has 6 rings (SSSR count). The van der Waals surface area contributed by atoms with Crippen molar-refractivity contribution in [2.45, 2.75) is 71.1 Å². The van der Waals surface area contributed by atoms with E-state index in [-0.39, 0.29) is 29.5 Å². The number of anilines is 8. The number of unbranched alkanes of at least 4 members (excludes halogenated alkanes) is 9. The number of benzene rings is 4. The number of aromatic nitrogens is 6. The molecule has 58 heavy (non-hydrogen) atoms. The van der Waals surface area contributed by atoms with E-state index in [9.17, 15) is 4.79 Å². The third-order valence-corrected chi connectivity index (χ3v) is 9.09. The minimum atomic E-state index is -0.588. The summed E-state index contributed by atoms with van der Waals surface area (Å²) >= 11 is 0. The Morgan fingerprint density at radius 2 is 1.16 bits per heavy atom. The third kappa shape index (κ3) is 12.0. The average molecular weight is 783 g/mol. The van der Waals surface area contributed by atoms with Crippen molar-refractivity contribution in [1.82, 2.24) is 29.9 Å². The van der Waals surface area contributed by atoms with Gasteiger partial charge in [0.2, 0.25) is 11.9 Å². The Hall–Kier alpha value is -7.03. The lowest BCUT2D eigenvalue weighted by Crippen LogP contribution is -2.30. The van der Waals surface area contributed by atoms with E-state index in [1.54, 1.807) is 52.5 Å². The maximum absolute atomic E-state index is 13.8. The molecule has 0 saturated heterocycles. The number of nitrogens with two attached hydrogens (primary N) is 2. The van der Waals surface area contributed by atoms with Gasteiger partial charge in [0, 0.05) is 0 Å². The molecular formula is C43H50N12O3. The second kappa shape index (κ2) is 21.3. The van der Waals surface area contributed by atoms with Gasteiger partial charge in [-0.15, -0.1) is 0 Å². The van der Waals surface area contributed by atoms with Crippen LogP contribution in [0.25, 0.3) is 0 Å². The summed E-state index contributed by atoms with van der Waals surface area (Å²) in [5.41, 5.74) is 21.3. The van der Waals surface area contributed by atoms with Gasteiger partial charge in [-0.3, -0.25) is 10.9 Å². The van der Waals surface area contributed by atoms with Crippen molar-refractivity contribution in [3.05, 3.63) is 121 Å². The maximum Gasteiger partial charge on any atom is 0.343 e. The van der Waals surface area contributed by atoms with Gasteiger partial charge in [0.05, 0.1) is 29.2 Å². The highest BCUT2D eigenvalue weighted by Crippen LogP contribution is 2.38. The highest BCUT2D eigenvalue weighted by Gasteiger charge is 2.24. The van der Waals surface area contributed by atoms with E-state index < -0.39 is 5.97 Å². The number of ether oxygens (including phenoxy) is 2. The highest BCUT2D eigenvalue weighted by molar-refractivity contribution is 5.92. The number of esters is 1. The molecule has 300 valence electrons. The standard InChI is InChI=1S/C43H50N12O3/c1-2-3-4-5-6-7-8-9-10-17-28-57-36-25-22-32(23-26-36)39(56)58-38-27-24-35(54(42-48-30-46-40(44)50-42)52-33-18-13-11-14-19-33)29-37(38)55(43-49-31-47-41(45)51-43)53-34-20-15-12-16-21-34/h11-16,18-27,29-31,52-53H,2-10,17,28H2,1H3,(H2,44,46,48,50)(H2,45,47,49,51). The lowest BCUT2D eigenvalue weighted by molar-refractivity contribution is 0.0735. The number of nitrogens with zero attached hydrogens (tertiary/aromatic N) is 8. The molecule has 2 heterocycles.